The minimum absolute atomic E-state index is 0. The Morgan fingerprint density at radius 1 is 0.636 bits per heavy atom. The Balaban J connectivity index is -0.00000000296. The molecule has 0 aliphatic heterocycles. The molecule has 0 amide bonds. The number of rotatable bonds is 0. The van der Waals surface area contributed by atoms with Crippen LogP contribution in [-0.2, 0) is 0 Å². The minimum atomic E-state index is 0. The van der Waals surface area contributed by atoms with E-state index in [2.05, 4.69) is 0 Å². The van der Waals surface area contributed by atoms with Crippen LogP contribution in [0.2, 0.25) is 0 Å². The Bertz CT molecular complexity index is 75.4. The van der Waals surface area contributed by atoms with E-state index in [4.69, 9.17) is 21.6 Å². The third-order valence-electron chi connectivity index (χ3n) is 0. The van der Waals surface area contributed by atoms with Gasteiger partial charge in [-0.05, 0) is 0 Å². The Morgan fingerprint density at radius 2 is 0.636 bits per heavy atom. The second kappa shape index (κ2) is 53.8. The molecule has 9 heteroatoms. The van der Waals surface area contributed by atoms with Gasteiger partial charge >= 0.3 is 207 Å². The van der Waals surface area contributed by atoms with E-state index in [1.807, 2.05) is 0 Å². The molecule has 33 valence electrons. The molecule has 0 heterocycles. The summed E-state index contributed by atoms with van der Waals surface area (Å²) in [7, 11) is 0. The first-order valence-corrected chi connectivity index (χ1v) is 0.894. The van der Waals surface area contributed by atoms with Crippen molar-refractivity contribution in [3.63, 3.8) is 0 Å². The zero-order chi connectivity index (χ0) is 5.41. The van der Waals surface area contributed by atoms with Crippen LogP contribution in [-0.4, -0.2) is 63.4 Å². The topological polar surface area (TPSA) is 89.2 Å². The summed E-state index contributed by atoms with van der Waals surface area (Å²) >= 11 is 0. The zero-order valence-electron chi connectivity index (χ0n) is 8.79. The molecule has 0 atom stereocenters. The van der Waals surface area contributed by atoms with E-state index in [0.29, 0.717) is 0 Å². The Morgan fingerprint density at radius 3 is 0.636 bits per heavy atom. The molecule has 0 aromatic carbocycles. The van der Waals surface area contributed by atoms with Gasteiger partial charge in [-0.2, -0.15) is 0 Å². The standard InChI is InChI=1S/2CN2.5K/c2*2-1-3;;;;;/q2*-2;;4*+1/p+1. The monoisotopic (exact) mass is 276 g/mol. The van der Waals surface area contributed by atoms with Gasteiger partial charge in [-0.3, -0.25) is 0 Å². The van der Waals surface area contributed by atoms with Crippen molar-refractivity contribution >= 4 is 63.4 Å². The van der Waals surface area contributed by atoms with E-state index >= 15 is 0 Å². The molecule has 0 saturated carbocycles. The molecule has 1 radical (unpaired) electrons. The van der Waals surface area contributed by atoms with Gasteiger partial charge in [0.15, 0.2) is 0 Å². The molecule has 0 aliphatic carbocycles. The van der Waals surface area contributed by atoms with Crippen LogP contribution in [0.4, 0.5) is 0 Å². The largest absolute Gasteiger partial charge is 1.00 e. The molecule has 0 N–H and O–H groups in total. The van der Waals surface area contributed by atoms with Crippen LogP contribution in [0.5, 0.6) is 0 Å². The van der Waals surface area contributed by atoms with Gasteiger partial charge in [-0.1, -0.05) is 0 Å². The van der Waals surface area contributed by atoms with Crippen molar-refractivity contribution in [1.29, 1.82) is 0 Å². The minimum Gasteiger partial charge on any atom is -0.786 e. The van der Waals surface area contributed by atoms with Gasteiger partial charge in [0, 0.05) is 51.4 Å². The summed E-state index contributed by atoms with van der Waals surface area (Å²) in [6, 6.07) is 1.50. The quantitative estimate of drug-likeness (QED) is 0.311. The molecule has 0 saturated heterocycles. The molecule has 0 aromatic rings. The van der Waals surface area contributed by atoms with E-state index in [9.17, 15) is 0 Å². The summed E-state index contributed by atoms with van der Waals surface area (Å²) in [5.41, 5.74) is 0. The summed E-state index contributed by atoms with van der Waals surface area (Å²) in [4.78, 5) is 0. The normalized spacial score (nSPS) is 1.45. The molecule has 4 nitrogen and oxygen atoms in total. The first kappa shape index (κ1) is 43.0. The second-order valence-corrected chi connectivity index (χ2v) is 0.200. The van der Waals surface area contributed by atoms with Gasteiger partial charge in [0.2, 0.25) is 0 Å². The van der Waals surface area contributed by atoms with Crippen molar-refractivity contribution in [2.75, 3.05) is 0 Å². The molecule has 11 heavy (non-hydrogen) atoms. The average Bonchev–Trinajstić information content (AvgIpc) is 1.39. The number of hydrogen-bond acceptors (Lipinski definition) is 0. The van der Waals surface area contributed by atoms with Gasteiger partial charge in [0.05, 0.1) is 0 Å². The predicted octanol–water partition coefficient (Wildman–Crippen LogP) is -11.7. The van der Waals surface area contributed by atoms with Gasteiger partial charge in [0.1, 0.15) is 0 Å². The van der Waals surface area contributed by atoms with Crippen molar-refractivity contribution in [2.24, 2.45) is 0 Å². The molecule has 0 fully saturated rings. The van der Waals surface area contributed by atoms with E-state index in [-0.39, 0.29) is 258 Å². The summed E-state index contributed by atoms with van der Waals surface area (Å²) in [6.07, 6.45) is 0. The summed E-state index contributed by atoms with van der Waals surface area (Å²) in [5, 5.41) is 27.5. The maximum atomic E-state index is 6.88. The van der Waals surface area contributed by atoms with Crippen molar-refractivity contribution < 1.29 is 207 Å². The number of nitrogens with zero attached hydrogens (tertiary/aromatic N) is 4. The van der Waals surface area contributed by atoms with Crippen LogP contribution in [0.1, 0.15) is 1.43 Å². The Hall–Kier alpha value is 6.94. The smallest absolute Gasteiger partial charge is 0.786 e. The Kier molecular flexibility index (Phi) is 211. The van der Waals surface area contributed by atoms with Gasteiger partial charge < -0.3 is 33.7 Å². The Labute approximate surface area is 281 Å². The fourth-order valence-electron chi connectivity index (χ4n) is 0. The third-order valence-corrected chi connectivity index (χ3v) is 0. The first-order chi connectivity index (χ1) is 2.83. The van der Waals surface area contributed by atoms with E-state index in [1.54, 1.807) is 0 Å². The van der Waals surface area contributed by atoms with Crippen molar-refractivity contribution in [3.05, 3.63) is 21.6 Å². The third kappa shape index (κ3) is 78.5. The van der Waals surface area contributed by atoms with Gasteiger partial charge in [-0.25, -0.2) is 0 Å². The molecule has 0 bridgehead atoms. The zero-order valence-corrected chi connectivity index (χ0v) is 23.4. The maximum Gasteiger partial charge on any atom is 1.00 e. The fraction of sp³-hybridized carbons (Fsp3) is 0. The van der Waals surface area contributed by atoms with Crippen LogP contribution >= 0.6 is 0 Å². The summed E-state index contributed by atoms with van der Waals surface area (Å²) < 4.78 is 0. The fourth-order valence-corrected chi connectivity index (χ4v) is 0. The van der Waals surface area contributed by atoms with Gasteiger partial charge in [-0.15, -0.1) is 0 Å². The van der Waals surface area contributed by atoms with Crippen molar-refractivity contribution in [3.8, 4) is 0 Å². The molecular weight excluding hydrogens is 276 g/mol. The van der Waals surface area contributed by atoms with Crippen LogP contribution < -0.4 is 206 Å². The molecule has 0 rings (SSSR count). The molecule has 0 aliphatic rings. The molecule has 0 spiro atoms. The van der Waals surface area contributed by atoms with Crippen LogP contribution in [0.25, 0.3) is 21.6 Å². The molecule has 0 unspecified atom stereocenters. The van der Waals surface area contributed by atoms with Crippen LogP contribution in [0, 0.1) is 0 Å². The van der Waals surface area contributed by atoms with E-state index in [1.165, 1.54) is 0 Å². The second-order valence-electron chi connectivity index (χ2n) is 0.200. The van der Waals surface area contributed by atoms with E-state index in [0.717, 1.165) is 12.0 Å². The summed E-state index contributed by atoms with van der Waals surface area (Å²) in [5.74, 6) is 0. The predicted molar refractivity (Wildman–Crippen MR) is 30.3 cm³/mol. The molecule has 0 aromatic heterocycles. The average molecular weight is 277 g/mol. The van der Waals surface area contributed by atoms with Crippen molar-refractivity contribution in [2.45, 2.75) is 0 Å². The van der Waals surface area contributed by atoms with Gasteiger partial charge in [0.25, 0.3) is 0 Å². The van der Waals surface area contributed by atoms with Crippen molar-refractivity contribution in [1.82, 2.24) is 0 Å². The van der Waals surface area contributed by atoms with Crippen LogP contribution in [0.3, 0.4) is 0 Å². The van der Waals surface area contributed by atoms with Crippen LogP contribution in [0.15, 0.2) is 0 Å². The molecular formula is C2HK5N4+. The maximum absolute atomic E-state index is 6.88. The first-order valence-electron chi connectivity index (χ1n) is 0.894. The number of hydrogen-bond donors (Lipinski definition) is 0. The summed E-state index contributed by atoms with van der Waals surface area (Å²) in [6.45, 7) is 0. The SMILES string of the molecule is [H+].[K+].[K+].[K+].[K+].[K].[N-]=C=[N-].[N-]=C=[N-]. The van der Waals surface area contributed by atoms with E-state index < -0.39 is 0 Å².